The van der Waals surface area contributed by atoms with Gasteiger partial charge in [0.05, 0.1) is 6.26 Å². The average Bonchev–Trinajstić information content (AvgIpc) is 2.97. The second-order valence-electron chi connectivity index (χ2n) is 7.27. The van der Waals surface area contributed by atoms with E-state index in [2.05, 4.69) is 35.3 Å². The summed E-state index contributed by atoms with van der Waals surface area (Å²) in [6.45, 7) is 5.04. The fraction of sp³-hybridized carbons (Fsp3) is 0.450. The van der Waals surface area contributed by atoms with Crippen LogP contribution in [0.1, 0.15) is 41.0 Å². The number of sulfonamides is 1. The summed E-state index contributed by atoms with van der Waals surface area (Å²) in [5, 5.41) is 0. The van der Waals surface area contributed by atoms with Gasteiger partial charge in [-0.15, -0.1) is 0 Å². The van der Waals surface area contributed by atoms with E-state index in [9.17, 15) is 13.2 Å². The van der Waals surface area contributed by atoms with Gasteiger partial charge >= 0.3 is 0 Å². The predicted molar refractivity (Wildman–Crippen MR) is 107 cm³/mol. The van der Waals surface area contributed by atoms with Gasteiger partial charge in [0.25, 0.3) is 5.91 Å². The first-order valence-corrected chi connectivity index (χ1v) is 11.2. The molecule has 7 heteroatoms. The number of nitrogens with one attached hydrogen (secondary N) is 1. The zero-order chi connectivity index (χ0) is 19.6. The minimum absolute atomic E-state index is 0.0394. The van der Waals surface area contributed by atoms with E-state index in [1.54, 1.807) is 0 Å². The van der Waals surface area contributed by atoms with Crippen molar-refractivity contribution in [3.8, 4) is 5.69 Å². The number of hydrogen-bond acceptors (Lipinski definition) is 3. The number of nitrogens with zero attached hydrogens (tertiary/aromatic N) is 2. The van der Waals surface area contributed by atoms with Gasteiger partial charge in [0.1, 0.15) is 0 Å². The van der Waals surface area contributed by atoms with Gasteiger partial charge in [-0.05, 0) is 69.5 Å². The van der Waals surface area contributed by atoms with Crippen LogP contribution < -0.4 is 4.72 Å². The standard InChI is InChI=1S/C20H27N3O3S/c1-15-7-8-16(2)23(15)18-11-9-17(10-12-18)20(24)22-13-5-4-6-19(22)14-21-27(3,25)26/h7-12,19,21H,4-6,13-14H2,1-3H3/t19-/m0/s1. The lowest BCUT2D eigenvalue weighted by atomic mass is 10.0. The molecule has 2 heterocycles. The summed E-state index contributed by atoms with van der Waals surface area (Å²) in [5.41, 5.74) is 3.96. The number of rotatable bonds is 5. The summed E-state index contributed by atoms with van der Waals surface area (Å²) in [5.74, 6) is -0.0394. The molecule has 0 saturated carbocycles. The van der Waals surface area contributed by atoms with Crippen molar-refractivity contribution >= 4 is 15.9 Å². The third-order valence-corrected chi connectivity index (χ3v) is 5.80. The van der Waals surface area contributed by atoms with Crippen LogP contribution in [-0.2, 0) is 10.0 Å². The number of benzene rings is 1. The molecule has 2 aromatic rings. The van der Waals surface area contributed by atoms with E-state index in [0.717, 1.165) is 42.6 Å². The highest BCUT2D eigenvalue weighted by Crippen LogP contribution is 2.21. The van der Waals surface area contributed by atoms with Crippen LogP contribution in [0.2, 0.25) is 0 Å². The zero-order valence-corrected chi connectivity index (χ0v) is 16.9. The first kappa shape index (κ1) is 19.6. The highest BCUT2D eigenvalue weighted by molar-refractivity contribution is 7.88. The fourth-order valence-electron chi connectivity index (χ4n) is 3.72. The highest BCUT2D eigenvalue weighted by Gasteiger charge is 2.28. The molecule has 6 nitrogen and oxygen atoms in total. The minimum atomic E-state index is -3.27. The van der Waals surface area contributed by atoms with Gasteiger partial charge in [-0.2, -0.15) is 0 Å². The van der Waals surface area contributed by atoms with Gasteiger partial charge in [0.15, 0.2) is 0 Å². The summed E-state index contributed by atoms with van der Waals surface area (Å²) >= 11 is 0. The second kappa shape index (κ2) is 7.86. The quantitative estimate of drug-likeness (QED) is 0.855. The molecule has 27 heavy (non-hydrogen) atoms. The van der Waals surface area contributed by atoms with Crippen LogP contribution in [0.5, 0.6) is 0 Å². The first-order valence-electron chi connectivity index (χ1n) is 9.27. The maximum atomic E-state index is 13.0. The summed E-state index contributed by atoms with van der Waals surface area (Å²) in [6, 6.07) is 11.7. The Kier molecular flexibility index (Phi) is 5.72. The van der Waals surface area contributed by atoms with Gasteiger partial charge in [0, 0.05) is 41.8 Å². The molecule has 1 amide bonds. The number of likely N-dealkylation sites (tertiary alicyclic amines) is 1. The Hall–Kier alpha value is -2.12. The first-order chi connectivity index (χ1) is 12.8. The molecular formula is C20H27N3O3S. The smallest absolute Gasteiger partial charge is 0.254 e. The molecule has 1 aliphatic heterocycles. The third-order valence-electron chi connectivity index (χ3n) is 5.11. The lowest BCUT2D eigenvalue weighted by molar-refractivity contribution is 0.0619. The van der Waals surface area contributed by atoms with E-state index in [1.807, 2.05) is 29.2 Å². The van der Waals surface area contributed by atoms with E-state index in [-0.39, 0.29) is 18.5 Å². The fourth-order valence-corrected chi connectivity index (χ4v) is 4.22. The van der Waals surface area contributed by atoms with E-state index < -0.39 is 10.0 Å². The Morgan fingerprint density at radius 2 is 1.70 bits per heavy atom. The summed E-state index contributed by atoms with van der Waals surface area (Å²) < 4.78 is 27.5. The van der Waals surface area contributed by atoms with Crippen LogP contribution >= 0.6 is 0 Å². The van der Waals surface area contributed by atoms with Gasteiger partial charge in [0.2, 0.25) is 10.0 Å². The van der Waals surface area contributed by atoms with Crippen molar-refractivity contribution in [1.29, 1.82) is 0 Å². The van der Waals surface area contributed by atoms with E-state index in [0.29, 0.717) is 12.1 Å². The minimum Gasteiger partial charge on any atom is -0.334 e. The number of piperidine rings is 1. The molecule has 1 aromatic heterocycles. The molecule has 1 aliphatic rings. The topological polar surface area (TPSA) is 71.4 Å². The SMILES string of the molecule is Cc1ccc(C)n1-c1ccc(C(=O)N2CCCC[C@H]2CNS(C)(=O)=O)cc1. The van der Waals surface area contributed by atoms with Crippen molar-refractivity contribution in [3.63, 3.8) is 0 Å². The lowest BCUT2D eigenvalue weighted by Gasteiger charge is -2.36. The molecule has 3 rings (SSSR count). The Morgan fingerprint density at radius 3 is 2.30 bits per heavy atom. The van der Waals surface area contributed by atoms with E-state index >= 15 is 0 Å². The summed E-state index contributed by atoms with van der Waals surface area (Å²) in [4.78, 5) is 14.8. The highest BCUT2D eigenvalue weighted by atomic mass is 32.2. The van der Waals surface area contributed by atoms with Crippen LogP contribution in [0.4, 0.5) is 0 Å². The van der Waals surface area contributed by atoms with Gasteiger partial charge in [-0.1, -0.05) is 0 Å². The largest absolute Gasteiger partial charge is 0.334 e. The Labute approximate surface area is 161 Å². The molecule has 1 N–H and O–H groups in total. The maximum absolute atomic E-state index is 13.0. The normalized spacial score (nSPS) is 17.9. The maximum Gasteiger partial charge on any atom is 0.254 e. The predicted octanol–water partition coefficient (Wildman–Crippen LogP) is 2.64. The molecule has 0 unspecified atom stereocenters. The van der Waals surface area contributed by atoms with Crippen LogP contribution in [0.25, 0.3) is 5.69 Å². The molecule has 0 spiro atoms. The number of aryl methyl sites for hydroxylation is 2. The van der Waals surface area contributed by atoms with Crippen molar-refractivity contribution in [2.75, 3.05) is 19.3 Å². The van der Waals surface area contributed by atoms with Crippen LogP contribution in [0.3, 0.4) is 0 Å². The van der Waals surface area contributed by atoms with Crippen molar-refractivity contribution in [2.24, 2.45) is 0 Å². The van der Waals surface area contributed by atoms with Crippen molar-refractivity contribution in [1.82, 2.24) is 14.2 Å². The molecule has 1 atom stereocenters. The van der Waals surface area contributed by atoms with Crippen molar-refractivity contribution < 1.29 is 13.2 Å². The summed E-state index contributed by atoms with van der Waals surface area (Å²) in [6.07, 6.45) is 3.91. The molecule has 1 aromatic carbocycles. The van der Waals surface area contributed by atoms with Gasteiger partial charge < -0.3 is 9.47 Å². The Morgan fingerprint density at radius 1 is 1.07 bits per heavy atom. The molecule has 1 saturated heterocycles. The number of hydrogen-bond donors (Lipinski definition) is 1. The third kappa shape index (κ3) is 4.59. The lowest BCUT2D eigenvalue weighted by Crippen LogP contribution is -2.49. The Balaban J connectivity index is 1.77. The number of amides is 1. The number of aromatic nitrogens is 1. The Bertz CT molecular complexity index is 897. The molecule has 0 aliphatic carbocycles. The second-order valence-corrected chi connectivity index (χ2v) is 9.10. The van der Waals surface area contributed by atoms with Crippen LogP contribution in [0, 0.1) is 13.8 Å². The number of carbonyl (C=O) groups is 1. The number of carbonyl (C=O) groups excluding carboxylic acids is 1. The van der Waals surface area contributed by atoms with Crippen LogP contribution in [-0.4, -0.2) is 49.2 Å². The monoisotopic (exact) mass is 389 g/mol. The van der Waals surface area contributed by atoms with Crippen molar-refractivity contribution in [2.45, 2.75) is 39.2 Å². The summed E-state index contributed by atoms with van der Waals surface area (Å²) in [7, 11) is -3.27. The molecule has 0 bridgehead atoms. The molecule has 0 radical (unpaired) electrons. The average molecular weight is 390 g/mol. The van der Waals surface area contributed by atoms with Gasteiger partial charge in [-0.25, -0.2) is 13.1 Å². The van der Waals surface area contributed by atoms with Crippen molar-refractivity contribution in [3.05, 3.63) is 53.3 Å². The van der Waals surface area contributed by atoms with E-state index in [1.165, 1.54) is 0 Å². The molecular weight excluding hydrogens is 362 g/mol. The van der Waals surface area contributed by atoms with Gasteiger partial charge in [-0.3, -0.25) is 4.79 Å². The molecule has 1 fully saturated rings. The zero-order valence-electron chi connectivity index (χ0n) is 16.1. The molecule has 146 valence electrons. The van der Waals surface area contributed by atoms with E-state index in [4.69, 9.17) is 0 Å². The van der Waals surface area contributed by atoms with Crippen LogP contribution in [0.15, 0.2) is 36.4 Å².